The maximum absolute atomic E-state index is 13.0. The minimum Gasteiger partial charge on any atom is -0.508 e. The van der Waals surface area contributed by atoms with Gasteiger partial charge in [-0.3, -0.25) is 4.79 Å². The van der Waals surface area contributed by atoms with Crippen LogP contribution in [-0.2, 0) is 0 Å². The van der Waals surface area contributed by atoms with Crippen LogP contribution in [0.15, 0.2) is 60.7 Å². The second-order valence-electron chi connectivity index (χ2n) is 5.45. The molecule has 1 atom stereocenters. The smallest absolute Gasteiger partial charge is 0.178 e. The molecule has 0 saturated heterocycles. The lowest BCUT2D eigenvalue weighted by Gasteiger charge is -2.26. The van der Waals surface area contributed by atoms with E-state index in [1.807, 2.05) is 42.5 Å². The first-order valence-electron chi connectivity index (χ1n) is 7.22. The summed E-state index contributed by atoms with van der Waals surface area (Å²) in [6.45, 7) is 0.252. The van der Waals surface area contributed by atoms with E-state index in [9.17, 15) is 9.90 Å². The molecule has 0 saturated carbocycles. The van der Waals surface area contributed by atoms with E-state index in [0.29, 0.717) is 16.9 Å². The molecule has 1 N–H and O–H groups in total. The van der Waals surface area contributed by atoms with Gasteiger partial charge in [0.2, 0.25) is 0 Å². The molecule has 0 aromatic heterocycles. The van der Waals surface area contributed by atoms with E-state index in [4.69, 9.17) is 4.74 Å². The van der Waals surface area contributed by atoms with E-state index < -0.39 is 5.92 Å². The van der Waals surface area contributed by atoms with Crippen LogP contribution in [0.4, 0.5) is 0 Å². The van der Waals surface area contributed by atoms with Crippen molar-refractivity contribution >= 4 is 16.6 Å². The molecule has 1 unspecified atom stereocenters. The fourth-order valence-corrected chi connectivity index (χ4v) is 3.06. The highest BCUT2D eigenvalue weighted by Crippen LogP contribution is 2.38. The molecule has 1 heterocycles. The standard InChI is InChI=1S/C19H14O3/c20-16-8-4-3-7-14(16)15-11-22-17-10-9-12-5-1-2-6-13(12)18(17)19(15)21/h1-10,15,20H,11H2. The van der Waals surface area contributed by atoms with Crippen LogP contribution in [-0.4, -0.2) is 17.5 Å². The average Bonchev–Trinajstić information content (AvgIpc) is 2.56. The van der Waals surface area contributed by atoms with Crippen LogP contribution in [0, 0.1) is 0 Å². The molecule has 0 radical (unpaired) electrons. The number of Topliss-reactive ketones (excluding diaryl/α,β-unsaturated/α-hetero) is 1. The Morgan fingerprint density at radius 3 is 2.59 bits per heavy atom. The van der Waals surface area contributed by atoms with Crippen molar-refractivity contribution in [2.45, 2.75) is 5.92 Å². The quantitative estimate of drug-likeness (QED) is 0.739. The van der Waals surface area contributed by atoms with Crippen molar-refractivity contribution in [1.82, 2.24) is 0 Å². The van der Waals surface area contributed by atoms with Gasteiger partial charge in [-0.1, -0.05) is 48.5 Å². The number of rotatable bonds is 1. The van der Waals surface area contributed by atoms with Crippen LogP contribution in [0.1, 0.15) is 21.8 Å². The molecule has 3 nitrogen and oxygen atoms in total. The number of ether oxygens (including phenoxy) is 1. The van der Waals surface area contributed by atoms with Crippen LogP contribution in [0.3, 0.4) is 0 Å². The van der Waals surface area contributed by atoms with E-state index in [1.54, 1.807) is 18.2 Å². The lowest BCUT2D eigenvalue weighted by molar-refractivity contribution is 0.0896. The van der Waals surface area contributed by atoms with Gasteiger partial charge in [-0.25, -0.2) is 0 Å². The summed E-state index contributed by atoms with van der Waals surface area (Å²) in [4.78, 5) is 13.0. The van der Waals surface area contributed by atoms with Crippen molar-refractivity contribution in [2.24, 2.45) is 0 Å². The van der Waals surface area contributed by atoms with Gasteiger partial charge in [-0.2, -0.15) is 0 Å². The van der Waals surface area contributed by atoms with Crippen molar-refractivity contribution in [2.75, 3.05) is 6.61 Å². The molecular formula is C19H14O3. The molecule has 3 heteroatoms. The van der Waals surface area contributed by atoms with Gasteiger partial charge in [0, 0.05) is 5.56 Å². The summed E-state index contributed by atoms with van der Waals surface area (Å²) in [6, 6.07) is 18.5. The van der Waals surface area contributed by atoms with Gasteiger partial charge >= 0.3 is 0 Å². The second-order valence-corrected chi connectivity index (χ2v) is 5.45. The number of fused-ring (bicyclic) bond motifs is 3. The number of ketones is 1. The fraction of sp³-hybridized carbons (Fsp3) is 0.105. The number of phenolic OH excluding ortho intramolecular Hbond substituents is 1. The molecule has 0 amide bonds. The summed E-state index contributed by atoms with van der Waals surface area (Å²) >= 11 is 0. The topological polar surface area (TPSA) is 46.5 Å². The normalized spacial score (nSPS) is 17.1. The molecule has 0 aliphatic carbocycles. The van der Waals surface area contributed by atoms with Crippen LogP contribution in [0.5, 0.6) is 11.5 Å². The van der Waals surface area contributed by atoms with E-state index in [2.05, 4.69) is 0 Å². The zero-order valence-corrected chi connectivity index (χ0v) is 11.8. The molecule has 1 aliphatic heterocycles. The first kappa shape index (κ1) is 12.9. The third-order valence-electron chi connectivity index (χ3n) is 4.17. The lowest BCUT2D eigenvalue weighted by Crippen LogP contribution is -2.26. The minimum atomic E-state index is -0.473. The van der Waals surface area contributed by atoms with Crippen LogP contribution >= 0.6 is 0 Å². The second kappa shape index (κ2) is 4.88. The molecule has 3 aromatic rings. The summed E-state index contributed by atoms with van der Waals surface area (Å²) in [5.74, 6) is 0.280. The molecular weight excluding hydrogens is 276 g/mol. The van der Waals surface area contributed by atoms with Crippen molar-refractivity contribution < 1.29 is 14.6 Å². The molecule has 0 spiro atoms. The summed E-state index contributed by atoms with van der Waals surface area (Å²) in [5.41, 5.74) is 1.23. The van der Waals surface area contributed by atoms with Gasteiger partial charge in [-0.05, 0) is 22.9 Å². The monoisotopic (exact) mass is 290 g/mol. The predicted octanol–water partition coefficient (Wildman–Crippen LogP) is 3.90. The van der Waals surface area contributed by atoms with Gasteiger partial charge in [-0.15, -0.1) is 0 Å². The number of hydrogen-bond acceptors (Lipinski definition) is 3. The molecule has 22 heavy (non-hydrogen) atoms. The molecule has 0 bridgehead atoms. The Labute approximate surface area is 127 Å². The number of benzene rings is 3. The average molecular weight is 290 g/mol. The Kier molecular flexibility index (Phi) is 2.86. The van der Waals surface area contributed by atoms with E-state index in [-0.39, 0.29) is 18.1 Å². The predicted molar refractivity (Wildman–Crippen MR) is 84.6 cm³/mol. The van der Waals surface area contributed by atoms with Crippen molar-refractivity contribution in [3.8, 4) is 11.5 Å². The SMILES string of the molecule is O=C1c2c(ccc3ccccc23)OCC1c1ccccc1O. The molecule has 108 valence electrons. The van der Waals surface area contributed by atoms with Gasteiger partial charge in [0.1, 0.15) is 18.1 Å². The molecule has 1 aliphatic rings. The number of para-hydroxylation sites is 1. The summed E-state index contributed by atoms with van der Waals surface area (Å²) in [6.07, 6.45) is 0. The number of carbonyl (C=O) groups is 1. The summed E-state index contributed by atoms with van der Waals surface area (Å²) < 4.78 is 5.79. The summed E-state index contributed by atoms with van der Waals surface area (Å²) in [5, 5.41) is 11.9. The Morgan fingerprint density at radius 1 is 0.955 bits per heavy atom. The van der Waals surface area contributed by atoms with Crippen molar-refractivity contribution in [3.05, 3.63) is 71.8 Å². The highest BCUT2D eigenvalue weighted by molar-refractivity contribution is 6.14. The van der Waals surface area contributed by atoms with Gasteiger partial charge in [0.05, 0.1) is 11.5 Å². The molecule has 3 aromatic carbocycles. The van der Waals surface area contributed by atoms with Crippen LogP contribution < -0.4 is 4.74 Å². The van der Waals surface area contributed by atoms with E-state index in [0.717, 1.165) is 10.8 Å². The maximum atomic E-state index is 13.0. The zero-order valence-electron chi connectivity index (χ0n) is 11.8. The Morgan fingerprint density at radius 2 is 1.73 bits per heavy atom. The first-order valence-corrected chi connectivity index (χ1v) is 7.22. The number of phenols is 1. The van der Waals surface area contributed by atoms with Crippen LogP contribution in [0.2, 0.25) is 0 Å². The number of carbonyl (C=O) groups excluding carboxylic acids is 1. The highest BCUT2D eigenvalue weighted by Gasteiger charge is 2.32. The highest BCUT2D eigenvalue weighted by atomic mass is 16.5. The first-order chi connectivity index (χ1) is 10.8. The third kappa shape index (κ3) is 1.86. The molecule has 4 rings (SSSR count). The number of hydrogen-bond donors (Lipinski definition) is 1. The maximum Gasteiger partial charge on any atom is 0.178 e. The molecule has 0 fully saturated rings. The largest absolute Gasteiger partial charge is 0.508 e. The van der Waals surface area contributed by atoms with E-state index >= 15 is 0 Å². The van der Waals surface area contributed by atoms with Crippen molar-refractivity contribution in [3.63, 3.8) is 0 Å². The summed E-state index contributed by atoms with van der Waals surface area (Å²) in [7, 11) is 0. The Bertz CT molecular complexity index is 883. The van der Waals surface area contributed by atoms with Crippen molar-refractivity contribution in [1.29, 1.82) is 0 Å². The van der Waals surface area contributed by atoms with E-state index in [1.165, 1.54) is 0 Å². The van der Waals surface area contributed by atoms with Gasteiger partial charge in [0.15, 0.2) is 5.78 Å². The zero-order chi connectivity index (χ0) is 15.1. The Balaban J connectivity index is 1.89. The Hall–Kier alpha value is -2.81. The van der Waals surface area contributed by atoms with Gasteiger partial charge < -0.3 is 9.84 Å². The number of aromatic hydroxyl groups is 1. The third-order valence-corrected chi connectivity index (χ3v) is 4.17. The van der Waals surface area contributed by atoms with Gasteiger partial charge in [0.25, 0.3) is 0 Å². The lowest BCUT2D eigenvalue weighted by atomic mass is 9.86. The van der Waals surface area contributed by atoms with Crippen LogP contribution in [0.25, 0.3) is 10.8 Å². The fourth-order valence-electron chi connectivity index (χ4n) is 3.06. The minimum absolute atomic E-state index is 0.000417.